The molecule has 0 spiro atoms. The molecule has 2 rings (SSSR count). The Bertz CT molecular complexity index is 671. The van der Waals surface area contributed by atoms with Crippen LogP contribution in [0.5, 0.6) is 0 Å². The Morgan fingerprint density at radius 2 is 1.65 bits per heavy atom. The van der Waals surface area contributed by atoms with Gasteiger partial charge in [0, 0.05) is 10.6 Å². The third kappa shape index (κ3) is 7.50. The van der Waals surface area contributed by atoms with Gasteiger partial charge in [0.25, 0.3) is 0 Å². The molecule has 2 aromatic carbocycles. The van der Waals surface area contributed by atoms with Crippen molar-refractivity contribution in [3.05, 3.63) is 66.2 Å². The summed E-state index contributed by atoms with van der Waals surface area (Å²) in [7, 11) is 0. The Balaban J connectivity index is 2.02. The molecule has 0 fully saturated rings. The van der Waals surface area contributed by atoms with Gasteiger partial charge in [-0.15, -0.1) is 11.8 Å². The molecule has 0 radical (unpaired) electrons. The van der Waals surface area contributed by atoms with Crippen molar-refractivity contribution in [3.8, 4) is 0 Å². The summed E-state index contributed by atoms with van der Waals surface area (Å²) < 4.78 is 5.35. The van der Waals surface area contributed by atoms with Gasteiger partial charge in [-0.25, -0.2) is 4.79 Å². The van der Waals surface area contributed by atoms with E-state index in [2.05, 4.69) is 5.32 Å². The second-order valence-electron chi connectivity index (χ2n) is 7.13. The molecule has 140 valence electrons. The maximum atomic E-state index is 12.2. The van der Waals surface area contributed by atoms with Gasteiger partial charge in [0.1, 0.15) is 5.60 Å². The molecule has 26 heavy (non-hydrogen) atoms. The number of amides is 1. The second kappa shape index (κ2) is 9.64. The Labute approximate surface area is 160 Å². The van der Waals surface area contributed by atoms with E-state index < -0.39 is 23.8 Å². The summed E-state index contributed by atoms with van der Waals surface area (Å²) in [5.41, 5.74) is 0.475. The number of carbonyl (C=O) groups is 1. The lowest BCUT2D eigenvalue weighted by atomic mass is 10.0. The lowest BCUT2D eigenvalue weighted by Crippen LogP contribution is -2.47. The van der Waals surface area contributed by atoms with Crippen molar-refractivity contribution in [2.24, 2.45) is 0 Å². The smallest absolute Gasteiger partial charge is 0.407 e. The second-order valence-corrected chi connectivity index (χ2v) is 8.23. The summed E-state index contributed by atoms with van der Waals surface area (Å²) in [4.78, 5) is 13.3. The van der Waals surface area contributed by atoms with Crippen LogP contribution in [-0.2, 0) is 11.2 Å². The predicted molar refractivity (Wildman–Crippen MR) is 106 cm³/mol. The minimum atomic E-state index is -0.701. The number of ether oxygens (including phenoxy) is 1. The quantitative estimate of drug-likeness (QED) is 0.712. The maximum Gasteiger partial charge on any atom is 0.407 e. The number of nitrogens with one attached hydrogen (secondary N) is 1. The van der Waals surface area contributed by atoms with Crippen molar-refractivity contribution >= 4 is 17.9 Å². The zero-order chi connectivity index (χ0) is 19.0. The van der Waals surface area contributed by atoms with E-state index in [4.69, 9.17) is 4.74 Å². The maximum absolute atomic E-state index is 12.2. The predicted octanol–water partition coefficient (Wildman–Crippen LogP) is 4.28. The fourth-order valence-corrected chi connectivity index (χ4v) is 3.37. The first-order chi connectivity index (χ1) is 12.3. The average molecular weight is 374 g/mol. The van der Waals surface area contributed by atoms with Gasteiger partial charge in [-0.2, -0.15) is 0 Å². The van der Waals surface area contributed by atoms with E-state index in [-0.39, 0.29) is 0 Å². The molecule has 2 aromatic rings. The van der Waals surface area contributed by atoms with Gasteiger partial charge in [0.05, 0.1) is 12.1 Å². The van der Waals surface area contributed by atoms with Crippen molar-refractivity contribution < 1.29 is 14.6 Å². The monoisotopic (exact) mass is 373 g/mol. The lowest BCUT2D eigenvalue weighted by molar-refractivity contribution is 0.0441. The number of carbonyl (C=O) groups excluding carboxylic acids is 1. The van der Waals surface area contributed by atoms with E-state index in [1.54, 1.807) is 11.8 Å². The summed E-state index contributed by atoms with van der Waals surface area (Å²) in [5, 5.41) is 13.5. The molecule has 0 unspecified atom stereocenters. The molecule has 2 N–H and O–H groups in total. The number of rotatable bonds is 7. The Morgan fingerprint density at radius 3 is 2.23 bits per heavy atom. The van der Waals surface area contributed by atoms with Crippen LogP contribution in [0.2, 0.25) is 0 Å². The minimum Gasteiger partial charge on any atom is -0.444 e. The first kappa shape index (κ1) is 20.3. The zero-order valence-corrected chi connectivity index (χ0v) is 16.3. The zero-order valence-electron chi connectivity index (χ0n) is 15.5. The number of hydrogen-bond acceptors (Lipinski definition) is 4. The molecular weight excluding hydrogens is 346 g/mol. The van der Waals surface area contributed by atoms with Crippen LogP contribution in [0.15, 0.2) is 65.6 Å². The molecule has 0 aliphatic heterocycles. The van der Waals surface area contributed by atoms with Crippen LogP contribution in [-0.4, -0.2) is 34.7 Å². The SMILES string of the molecule is CC(C)(C)OC(=O)N[C@@H](Cc1ccccc1)[C@H](O)CSc1ccccc1. The number of hydrogen-bond donors (Lipinski definition) is 2. The Hall–Kier alpha value is -1.98. The average Bonchev–Trinajstić information content (AvgIpc) is 2.59. The molecule has 0 aromatic heterocycles. The van der Waals surface area contributed by atoms with Crippen LogP contribution in [0.25, 0.3) is 0 Å². The molecule has 0 saturated carbocycles. The highest BCUT2D eigenvalue weighted by Gasteiger charge is 2.25. The van der Waals surface area contributed by atoms with E-state index in [1.807, 2.05) is 81.4 Å². The summed E-state index contributed by atoms with van der Waals surface area (Å²) in [6.07, 6.45) is -0.675. The molecular formula is C21H27NO3S. The van der Waals surface area contributed by atoms with E-state index in [1.165, 1.54) is 0 Å². The van der Waals surface area contributed by atoms with Crippen LogP contribution in [0, 0.1) is 0 Å². The third-order valence-corrected chi connectivity index (χ3v) is 4.74. The van der Waals surface area contributed by atoms with Gasteiger partial charge in [-0.1, -0.05) is 48.5 Å². The van der Waals surface area contributed by atoms with E-state index in [0.717, 1.165) is 10.5 Å². The molecule has 0 bridgehead atoms. The van der Waals surface area contributed by atoms with Crippen LogP contribution in [0.4, 0.5) is 4.79 Å². The van der Waals surface area contributed by atoms with Crippen LogP contribution < -0.4 is 5.32 Å². The van der Waals surface area contributed by atoms with E-state index in [0.29, 0.717) is 12.2 Å². The molecule has 4 nitrogen and oxygen atoms in total. The lowest BCUT2D eigenvalue weighted by Gasteiger charge is -2.26. The largest absolute Gasteiger partial charge is 0.444 e. The molecule has 0 aliphatic carbocycles. The van der Waals surface area contributed by atoms with Crippen LogP contribution in [0.1, 0.15) is 26.3 Å². The normalized spacial score (nSPS) is 13.7. The summed E-state index contributed by atoms with van der Waals surface area (Å²) in [6, 6.07) is 19.3. The standard InChI is InChI=1S/C21H27NO3S/c1-21(2,3)25-20(24)22-18(14-16-10-6-4-7-11-16)19(23)15-26-17-12-8-5-9-13-17/h4-13,18-19,23H,14-15H2,1-3H3,(H,22,24)/t18-,19+/m0/s1. The molecule has 0 saturated heterocycles. The fourth-order valence-electron chi connectivity index (χ4n) is 2.42. The Kier molecular flexibility index (Phi) is 7.54. The van der Waals surface area contributed by atoms with Gasteiger partial charge >= 0.3 is 6.09 Å². The van der Waals surface area contributed by atoms with Crippen LogP contribution in [0.3, 0.4) is 0 Å². The number of thioether (sulfide) groups is 1. The van der Waals surface area contributed by atoms with Gasteiger partial charge < -0.3 is 15.2 Å². The molecule has 0 heterocycles. The fraction of sp³-hybridized carbons (Fsp3) is 0.381. The highest BCUT2D eigenvalue weighted by atomic mass is 32.2. The van der Waals surface area contributed by atoms with Crippen molar-refractivity contribution in [2.75, 3.05) is 5.75 Å². The molecule has 1 amide bonds. The molecule has 2 atom stereocenters. The summed E-state index contributed by atoms with van der Waals surface area (Å²) in [5.74, 6) is 0.483. The van der Waals surface area contributed by atoms with Crippen molar-refractivity contribution in [1.29, 1.82) is 0 Å². The van der Waals surface area contributed by atoms with E-state index in [9.17, 15) is 9.90 Å². The number of benzene rings is 2. The highest BCUT2D eigenvalue weighted by Crippen LogP contribution is 2.20. The van der Waals surface area contributed by atoms with E-state index >= 15 is 0 Å². The highest BCUT2D eigenvalue weighted by molar-refractivity contribution is 7.99. The van der Waals surface area contributed by atoms with Crippen LogP contribution >= 0.6 is 11.8 Å². The number of alkyl carbamates (subject to hydrolysis) is 1. The topological polar surface area (TPSA) is 58.6 Å². The number of aliphatic hydroxyl groups is 1. The van der Waals surface area contributed by atoms with Crippen molar-refractivity contribution in [3.63, 3.8) is 0 Å². The minimum absolute atomic E-state index is 0.427. The van der Waals surface area contributed by atoms with Gasteiger partial charge in [-0.05, 0) is 44.9 Å². The molecule has 5 heteroatoms. The number of aliphatic hydroxyl groups excluding tert-OH is 1. The van der Waals surface area contributed by atoms with Crippen molar-refractivity contribution in [2.45, 2.75) is 49.8 Å². The van der Waals surface area contributed by atoms with Crippen molar-refractivity contribution in [1.82, 2.24) is 5.32 Å². The Morgan fingerprint density at radius 1 is 1.08 bits per heavy atom. The first-order valence-electron chi connectivity index (χ1n) is 8.73. The van der Waals surface area contributed by atoms with Gasteiger partial charge in [-0.3, -0.25) is 0 Å². The first-order valence-corrected chi connectivity index (χ1v) is 9.71. The summed E-state index contributed by atoms with van der Waals surface area (Å²) in [6.45, 7) is 5.46. The molecule has 0 aliphatic rings. The summed E-state index contributed by atoms with van der Waals surface area (Å²) >= 11 is 1.57. The van der Waals surface area contributed by atoms with Gasteiger partial charge in [0.2, 0.25) is 0 Å². The van der Waals surface area contributed by atoms with Gasteiger partial charge in [0.15, 0.2) is 0 Å². The third-order valence-electron chi connectivity index (χ3n) is 3.63.